The van der Waals surface area contributed by atoms with E-state index in [2.05, 4.69) is 228 Å². The molecule has 9 aromatic carbocycles. The molecule has 0 aliphatic heterocycles. The van der Waals surface area contributed by atoms with Crippen molar-refractivity contribution in [1.29, 1.82) is 0 Å². The van der Waals surface area contributed by atoms with Crippen LogP contribution >= 0.6 is 0 Å². The van der Waals surface area contributed by atoms with Gasteiger partial charge >= 0.3 is 0 Å². The fourth-order valence-corrected chi connectivity index (χ4v) is 8.44. The topological polar surface area (TPSA) is 14.7 Å². The van der Waals surface area contributed by atoms with E-state index in [0.29, 0.717) is 0 Å². The van der Waals surface area contributed by atoms with Crippen LogP contribution in [-0.4, -0.2) is 25.7 Å². The first-order chi connectivity index (χ1) is 27.0. The van der Waals surface area contributed by atoms with Crippen molar-refractivity contribution in [3.63, 3.8) is 0 Å². The van der Waals surface area contributed by atoms with Crippen molar-refractivity contribution in [3.05, 3.63) is 188 Å². The zero-order valence-electron chi connectivity index (χ0n) is 31.2. The first-order valence-electron chi connectivity index (χ1n) is 18.9. The summed E-state index contributed by atoms with van der Waals surface area (Å²) in [5, 5.41) is 9.86. The molecule has 55 heavy (non-hydrogen) atoms. The standard InChI is InChI=1S/C51H40N4/c1-52(47-22-10-16-35-13-4-7-19-42(35)47)38-25-27-39(28-26-38)55-50-31-29-40(53(2)48-23-11-17-36-14-5-8-20-43(36)48)33-45(50)46-34-41(30-32-51(46)55)54(3)49-24-12-18-37-15-6-9-21-44(37)49/h4-34H,1-3H3. The number of benzene rings is 9. The van der Waals surface area contributed by atoms with Crippen molar-refractivity contribution in [2.24, 2.45) is 0 Å². The Morgan fingerprint density at radius 3 is 1.07 bits per heavy atom. The van der Waals surface area contributed by atoms with Crippen LogP contribution in [0.4, 0.5) is 34.1 Å². The van der Waals surface area contributed by atoms with E-state index in [-0.39, 0.29) is 0 Å². The Labute approximate surface area is 321 Å². The van der Waals surface area contributed by atoms with E-state index < -0.39 is 0 Å². The van der Waals surface area contributed by atoms with Gasteiger partial charge < -0.3 is 19.3 Å². The largest absolute Gasteiger partial charge is 0.344 e. The zero-order valence-corrected chi connectivity index (χ0v) is 31.2. The maximum Gasteiger partial charge on any atom is 0.0542 e. The van der Waals surface area contributed by atoms with Gasteiger partial charge in [-0.15, -0.1) is 0 Å². The number of anilines is 6. The molecule has 0 unspecified atom stereocenters. The number of nitrogens with zero attached hydrogens (tertiary/aromatic N) is 4. The number of aromatic nitrogens is 1. The fourth-order valence-electron chi connectivity index (χ4n) is 8.44. The molecule has 0 N–H and O–H groups in total. The van der Waals surface area contributed by atoms with Crippen molar-refractivity contribution < 1.29 is 0 Å². The van der Waals surface area contributed by atoms with Crippen LogP contribution in [-0.2, 0) is 0 Å². The van der Waals surface area contributed by atoms with E-state index in [4.69, 9.17) is 0 Å². The zero-order chi connectivity index (χ0) is 37.0. The van der Waals surface area contributed by atoms with Crippen LogP contribution in [0.3, 0.4) is 0 Å². The maximum absolute atomic E-state index is 2.41. The number of hydrogen-bond donors (Lipinski definition) is 0. The molecule has 0 saturated heterocycles. The van der Waals surface area contributed by atoms with Crippen LogP contribution in [0.2, 0.25) is 0 Å². The summed E-state index contributed by atoms with van der Waals surface area (Å²) in [4.78, 5) is 6.91. The second-order valence-electron chi connectivity index (χ2n) is 14.4. The molecule has 0 saturated carbocycles. The Kier molecular flexibility index (Phi) is 7.77. The molecular weight excluding hydrogens is 669 g/mol. The first-order valence-corrected chi connectivity index (χ1v) is 18.9. The summed E-state index contributed by atoms with van der Waals surface area (Å²) in [6.45, 7) is 0. The van der Waals surface area contributed by atoms with Crippen LogP contribution in [0.25, 0.3) is 59.8 Å². The van der Waals surface area contributed by atoms with Crippen LogP contribution < -0.4 is 14.7 Å². The van der Waals surface area contributed by atoms with Crippen LogP contribution in [0.1, 0.15) is 0 Å². The van der Waals surface area contributed by atoms with Crippen molar-refractivity contribution >= 4 is 88.2 Å². The summed E-state index contributed by atoms with van der Waals surface area (Å²) < 4.78 is 2.41. The Balaban J connectivity index is 1.12. The Bertz CT molecular complexity index is 2890. The summed E-state index contributed by atoms with van der Waals surface area (Å²) in [6, 6.07) is 68.2. The van der Waals surface area contributed by atoms with Gasteiger partial charge in [-0.25, -0.2) is 0 Å². The molecule has 0 radical (unpaired) electrons. The summed E-state index contributed by atoms with van der Waals surface area (Å²) in [5.74, 6) is 0. The van der Waals surface area contributed by atoms with Gasteiger partial charge in [0, 0.05) is 87.9 Å². The summed E-state index contributed by atoms with van der Waals surface area (Å²) in [7, 11) is 6.50. The molecule has 0 amide bonds. The second-order valence-corrected chi connectivity index (χ2v) is 14.4. The Morgan fingerprint density at radius 2 is 0.655 bits per heavy atom. The highest BCUT2D eigenvalue weighted by molar-refractivity contribution is 6.12. The number of hydrogen-bond acceptors (Lipinski definition) is 3. The number of fused-ring (bicyclic) bond motifs is 6. The van der Waals surface area contributed by atoms with Crippen molar-refractivity contribution in [3.8, 4) is 5.69 Å². The monoisotopic (exact) mass is 708 g/mol. The maximum atomic E-state index is 2.41. The number of rotatable bonds is 7. The second kappa shape index (κ2) is 13.1. The highest BCUT2D eigenvalue weighted by atomic mass is 15.1. The third-order valence-corrected chi connectivity index (χ3v) is 11.4. The van der Waals surface area contributed by atoms with E-state index in [0.717, 1.165) is 22.7 Å². The molecule has 10 aromatic rings. The van der Waals surface area contributed by atoms with E-state index in [1.807, 2.05) is 0 Å². The van der Waals surface area contributed by atoms with Gasteiger partial charge in [-0.05, 0) is 95.0 Å². The summed E-state index contributed by atoms with van der Waals surface area (Å²) in [5.41, 5.74) is 10.4. The highest BCUT2D eigenvalue weighted by Crippen LogP contribution is 2.41. The van der Waals surface area contributed by atoms with Gasteiger partial charge in [-0.2, -0.15) is 0 Å². The highest BCUT2D eigenvalue weighted by Gasteiger charge is 2.18. The Morgan fingerprint density at radius 1 is 0.309 bits per heavy atom. The Hall–Kier alpha value is -7.04. The molecular formula is C51H40N4. The molecule has 264 valence electrons. The van der Waals surface area contributed by atoms with E-state index in [1.165, 1.54) is 71.2 Å². The van der Waals surface area contributed by atoms with Gasteiger partial charge in [-0.3, -0.25) is 0 Å². The molecule has 1 aromatic heterocycles. The first kappa shape index (κ1) is 32.6. The molecule has 0 aliphatic carbocycles. The lowest BCUT2D eigenvalue weighted by Crippen LogP contribution is -2.10. The fraction of sp³-hybridized carbons (Fsp3) is 0.0588. The van der Waals surface area contributed by atoms with Crippen molar-refractivity contribution in [2.75, 3.05) is 35.8 Å². The van der Waals surface area contributed by atoms with Crippen LogP contribution in [0.15, 0.2) is 188 Å². The quantitative estimate of drug-likeness (QED) is 0.164. The minimum absolute atomic E-state index is 1.13. The molecule has 1 heterocycles. The molecule has 0 bridgehead atoms. The minimum atomic E-state index is 1.13. The van der Waals surface area contributed by atoms with Gasteiger partial charge in [-0.1, -0.05) is 109 Å². The van der Waals surface area contributed by atoms with Crippen molar-refractivity contribution in [1.82, 2.24) is 4.57 Å². The van der Waals surface area contributed by atoms with E-state index in [9.17, 15) is 0 Å². The van der Waals surface area contributed by atoms with Gasteiger partial charge in [0.05, 0.1) is 11.0 Å². The molecule has 4 nitrogen and oxygen atoms in total. The molecule has 0 spiro atoms. The third kappa shape index (κ3) is 5.45. The molecule has 4 heteroatoms. The average molecular weight is 709 g/mol. The lowest BCUT2D eigenvalue weighted by Gasteiger charge is -2.22. The van der Waals surface area contributed by atoms with Gasteiger partial charge in [0.25, 0.3) is 0 Å². The van der Waals surface area contributed by atoms with Gasteiger partial charge in [0.15, 0.2) is 0 Å². The van der Waals surface area contributed by atoms with E-state index >= 15 is 0 Å². The lowest BCUT2D eigenvalue weighted by molar-refractivity contribution is 1.16. The predicted octanol–water partition coefficient (Wildman–Crippen LogP) is 13.5. The van der Waals surface area contributed by atoms with Gasteiger partial charge in [0.1, 0.15) is 0 Å². The van der Waals surface area contributed by atoms with E-state index in [1.54, 1.807) is 0 Å². The molecule has 10 rings (SSSR count). The third-order valence-electron chi connectivity index (χ3n) is 11.4. The van der Waals surface area contributed by atoms with Crippen LogP contribution in [0, 0.1) is 0 Å². The minimum Gasteiger partial charge on any atom is -0.344 e. The SMILES string of the molecule is CN(c1ccc(-n2c3ccc(N(C)c4cccc5ccccc45)cc3c3cc(N(C)c4cccc5ccccc45)ccc32)cc1)c1cccc2ccccc12. The molecule has 0 fully saturated rings. The summed E-state index contributed by atoms with van der Waals surface area (Å²) >= 11 is 0. The average Bonchev–Trinajstić information content (AvgIpc) is 3.58. The summed E-state index contributed by atoms with van der Waals surface area (Å²) in [6.07, 6.45) is 0. The van der Waals surface area contributed by atoms with Crippen LogP contribution in [0.5, 0.6) is 0 Å². The normalized spacial score (nSPS) is 11.5. The van der Waals surface area contributed by atoms with Gasteiger partial charge in [0.2, 0.25) is 0 Å². The lowest BCUT2D eigenvalue weighted by atomic mass is 10.1. The molecule has 0 atom stereocenters. The molecule has 0 aliphatic rings. The smallest absolute Gasteiger partial charge is 0.0542 e. The van der Waals surface area contributed by atoms with Crippen molar-refractivity contribution in [2.45, 2.75) is 0 Å². The predicted molar refractivity (Wildman–Crippen MR) is 237 cm³/mol.